The number of fused-ring (bicyclic) bond motifs is 2. The SMILES string of the molecule is CCOc1ccc(C(O)(CCN2CCC3CCC(C3)C2)Cc2ccccc2)cc1.Cl. The molecule has 2 aliphatic rings. The number of benzene rings is 2. The standard InChI is InChI=1S/C26H35NO2.ClH/c1-2-29-25-12-10-24(11-13-25)26(28,19-22-6-4-3-5-7-22)15-17-27-16-14-21-8-9-23(18-21)20-27;/h3-7,10-13,21,23,28H,2,8-9,14-20H2,1H3;1H. The van der Waals surface area contributed by atoms with Crippen molar-refractivity contribution < 1.29 is 9.84 Å². The lowest BCUT2D eigenvalue weighted by molar-refractivity contribution is 0.0160. The second kappa shape index (κ2) is 10.7. The summed E-state index contributed by atoms with van der Waals surface area (Å²) in [6.45, 7) is 6.01. The third-order valence-electron chi connectivity index (χ3n) is 6.90. The number of halogens is 1. The molecule has 3 nitrogen and oxygen atoms in total. The second-order valence-corrected chi connectivity index (χ2v) is 9.04. The second-order valence-electron chi connectivity index (χ2n) is 9.04. The fraction of sp³-hybridized carbons (Fsp3) is 0.538. The number of likely N-dealkylation sites (tertiary alicyclic amines) is 1. The third kappa shape index (κ3) is 5.78. The van der Waals surface area contributed by atoms with Gasteiger partial charge in [0.1, 0.15) is 5.75 Å². The van der Waals surface area contributed by atoms with Crippen molar-refractivity contribution in [3.63, 3.8) is 0 Å². The Morgan fingerprint density at radius 3 is 2.47 bits per heavy atom. The number of hydrogen-bond acceptors (Lipinski definition) is 3. The number of ether oxygens (including phenoxy) is 1. The van der Waals surface area contributed by atoms with Gasteiger partial charge in [-0.05, 0) is 74.2 Å². The molecule has 4 heteroatoms. The average Bonchev–Trinajstić information content (AvgIpc) is 3.08. The molecule has 2 aromatic carbocycles. The van der Waals surface area contributed by atoms with Gasteiger partial charge in [0.15, 0.2) is 0 Å². The molecule has 2 aromatic rings. The van der Waals surface area contributed by atoms with Crippen LogP contribution in [0.2, 0.25) is 0 Å². The number of aliphatic hydroxyl groups is 1. The summed E-state index contributed by atoms with van der Waals surface area (Å²) in [5.41, 5.74) is 1.30. The van der Waals surface area contributed by atoms with E-state index in [0.29, 0.717) is 13.0 Å². The Labute approximate surface area is 187 Å². The first-order chi connectivity index (χ1) is 14.1. The van der Waals surface area contributed by atoms with Crippen LogP contribution in [-0.4, -0.2) is 36.2 Å². The van der Waals surface area contributed by atoms with Gasteiger partial charge in [-0.25, -0.2) is 0 Å². The van der Waals surface area contributed by atoms with Gasteiger partial charge in [-0.2, -0.15) is 0 Å². The van der Waals surface area contributed by atoms with Gasteiger partial charge in [0.2, 0.25) is 0 Å². The monoisotopic (exact) mass is 429 g/mol. The lowest BCUT2D eigenvalue weighted by Crippen LogP contribution is -2.37. The Bertz CT molecular complexity index is 766. The highest BCUT2D eigenvalue weighted by Gasteiger charge is 2.33. The van der Waals surface area contributed by atoms with Crippen molar-refractivity contribution in [2.24, 2.45) is 11.8 Å². The molecular formula is C26H36ClNO2. The number of hydrogen-bond donors (Lipinski definition) is 1. The quantitative estimate of drug-likeness (QED) is 0.605. The maximum atomic E-state index is 11.8. The molecule has 2 fully saturated rings. The van der Waals surface area contributed by atoms with Crippen molar-refractivity contribution in [3.05, 3.63) is 65.7 Å². The first-order valence-electron chi connectivity index (χ1n) is 11.4. The summed E-state index contributed by atoms with van der Waals surface area (Å²) in [6, 6.07) is 18.4. The minimum Gasteiger partial charge on any atom is -0.494 e. The van der Waals surface area contributed by atoms with Crippen LogP contribution in [0.3, 0.4) is 0 Å². The lowest BCUT2D eigenvalue weighted by Gasteiger charge is -2.33. The Hall–Kier alpha value is -1.55. The van der Waals surface area contributed by atoms with Crippen LogP contribution in [0, 0.1) is 11.8 Å². The van der Waals surface area contributed by atoms with Crippen molar-refractivity contribution in [3.8, 4) is 5.75 Å². The van der Waals surface area contributed by atoms with Gasteiger partial charge in [0.25, 0.3) is 0 Å². The van der Waals surface area contributed by atoms with Crippen molar-refractivity contribution >= 4 is 12.4 Å². The molecule has 0 radical (unpaired) electrons. The van der Waals surface area contributed by atoms with Gasteiger partial charge in [-0.1, -0.05) is 48.9 Å². The highest BCUT2D eigenvalue weighted by Crippen LogP contribution is 2.37. The van der Waals surface area contributed by atoms with E-state index in [2.05, 4.69) is 29.2 Å². The normalized spacial score (nSPS) is 23.3. The van der Waals surface area contributed by atoms with Crippen LogP contribution in [0.5, 0.6) is 5.75 Å². The van der Waals surface area contributed by atoms with Crippen LogP contribution < -0.4 is 4.74 Å². The molecule has 1 saturated heterocycles. The van der Waals surface area contributed by atoms with Crippen LogP contribution in [0.25, 0.3) is 0 Å². The van der Waals surface area contributed by atoms with Gasteiger partial charge in [0, 0.05) is 19.5 Å². The van der Waals surface area contributed by atoms with E-state index in [9.17, 15) is 5.11 Å². The Kier molecular flexibility index (Phi) is 8.21. The summed E-state index contributed by atoms with van der Waals surface area (Å²) < 4.78 is 5.60. The zero-order valence-corrected chi connectivity index (χ0v) is 18.9. The summed E-state index contributed by atoms with van der Waals surface area (Å²) in [5.74, 6) is 2.68. The molecule has 1 N–H and O–H groups in total. The van der Waals surface area contributed by atoms with E-state index in [1.807, 2.05) is 37.3 Å². The van der Waals surface area contributed by atoms with E-state index in [4.69, 9.17) is 4.74 Å². The Balaban J connectivity index is 0.00000256. The Morgan fingerprint density at radius 2 is 1.73 bits per heavy atom. The first-order valence-corrected chi connectivity index (χ1v) is 11.4. The highest BCUT2D eigenvalue weighted by atomic mass is 35.5. The van der Waals surface area contributed by atoms with Crippen molar-refractivity contribution in [1.82, 2.24) is 4.90 Å². The summed E-state index contributed by atoms with van der Waals surface area (Å²) in [4.78, 5) is 2.61. The fourth-order valence-corrected chi connectivity index (χ4v) is 5.27. The van der Waals surface area contributed by atoms with E-state index in [0.717, 1.165) is 36.1 Å². The van der Waals surface area contributed by atoms with Crippen molar-refractivity contribution in [2.75, 3.05) is 26.2 Å². The predicted molar refractivity (Wildman–Crippen MR) is 125 cm³/mol. The molecule has 1 saturated carbocycles. The molecule has 30 heavy (non-hydrogen) atoms. The number of nitrogens with zero attached hydrogens (tertiary/aromatic N) is 1. The van der Waals surface area contributed by atoms with Gasteiger partial charge >= 0.3 is 0 Å². The molecule has 3 unspecified atom stereocenters. The van der Waals surface area contributed by atoms with Gasteiger partial charge in [-0.15, -0.1) is 12.4 Å². The van der Waals surface area contributed by atoms with Gasteiger partial charge < -0.3 is 14.7 Å². The minimum absolute atomic E-state index is 0. The fourth-order valence-electron chi connectivity index (χ4n) is 5.27. The molecule has 1 aliphatic carbocycles. The smallest absolute Gasteiger partial charge is 0.119 e. The summed E-state index contributed by atoms with van der Waals surface area (Å²) in [7, 11) is 0. The van der Waals surface area contributed by atoms with E-state index >= 15 is 0 Å². The van der Waals surface area contributed by atoms with E-state index < -0.39 is 5.60 Å². The van der Waals surface area contributed by atoms with E-state index in [1.54, 1.807) is 0 Å². The first kappa shape index (κ1) is 23.1. The summed E-state index contributed by atoms with van der Waals surface area (Å²) >= 11 is 0. The molecule has 0 spiro atoms. The average molecular weight is 430 g/mol. The molecule has 4 rings (SSSR count). The van der Waals surface area contributed by atoms with E-state index in [1.165, 1.54) is 44.3 Å². The van der Waals surface area contributed by atoms with Crippen LogP contribution in [0.15, 0.2) is 54.6 Å². The number of rotatable bonds is 8. The summed E-state index contributed by atoms with van der Waals surface area (Å²) in [6.07, 6.45) is 6.98. The summed E-state index contributed by atoms with van der Waals surface area (Å²) in [5, 5.41) is 11.8. The molecule has 3 atom stereocenters. The van der Waals surface area contributed by atoms with Crippen LogP contribution in [-0.2, 0) is 12.0 Å². The molecule has 0 amide bonds. The molecule has 1 aliphatic heterocycles. The highest BCUT2D eigenvalue weighted by molar-refractivity contribution is 5.85. The minimum atomic E-state index is -0.864. The van der Waals surface area contributed by atoms with Crippen LogP contribution in [0.1, 0.15) is 50.2 Å². The van der Waals surface area contributed by atoms with E-state index in [-0.39, 0.29) is 12.4 Å². The van der Waals surface area contributed by atoms with Gasteiger partial charge in [0.05, 0.1) is 12.2 Å². The zero-order chi connectivity index (χ0) is 20.1. The molecule has 0 aromatic heterocycles. The Morgan fingerprint density at radius 1 is 1.00 bits per heavy atom. The zero-order valence-electron chi connectivity index (χ0n) is 18.1. The predicted octanol–water partition coefficient (Wildman–Crippen LogP) is 5.45. The van der Waals surface area contributed by atoms with Crippen LogP contribution >= 0.6 is 12.4 Å². The maximum absolute atomic E-state index is 11.8. The molecule has 1 heterocycles. The molecule has 164 valence electrons. The van der Waals surface area contributed by atoms with Gasteiger partial charge in [-0.3, -0.25) is 0 Å². The third-order valence-corrected chi connectivity index (χ3v) is 6.90. The lowest BCUT2D eigenvalue weighted by atomic mass is 9.84. The van der Waals surface area contributed by atoms with Crippen molar-refractivity contribution in [1.29, 1.82) is 0 Å². The van der Waals surface area contributed by atoms with Crippen LogP contribution in [0.4, 0.5) is 0 Å². The molecule has 2 bridgehead atoms. The maximum Gasteiger partial charge on any atom is 0.119 e. The largest absolute Gasteiger partial charge is 0.494 e. The topological polar surface area (TPSA) is 32.7 Å². The molecular weight excluding hydrogens is 394 g/mol. The van der Waals surface area contributed by atoms with Crippen molar-refractivity contribution in [2.45, 2.75) is 51.0 Å².